The molecule has 1 aliphatic heterocycles. The number of methoxy groups -OCH3 is 1. The van der Waals surface area contributed by atoms with Gasteiger partial charge in [0.05, 0.1) is 24.1 Å². The van der Waals surface area contributed by atoms with Gasteiger partial charge < -0.3 is 4.74 Å². The highest BCUT2D eigenvalue weighted by Gasteiger charge is 2.70. The minimum absolute atomic E-state index is 0.0480. The second kappa shape index (κ2) is 5.93. The van der Waals surface area contributed by atoms with Crippen molar-refractivity contribution in [2.45, 2.75) is 45.7 Å². The number of amidine groups is 1. The number of thiophene rings is 1. The quantitative estimate of drug-likeness (QED) is 0.747. The van der Waals surface area contributed by atoms with Crippen molar-refractivity contribution in [3.05, 3.63) is 52.2 Å². The summed E-state index contributed by atoms with van der Waals surface area (Å²) in [6.07, 6.45) is 2.36. The molecular weight excluding hydrogens is 368 g/mol. The zero-order valence-corrected chi connectivity index (χ0v) is 17.6. The summed E-state index contributed by atoms with van der Waals surface area (Å²) in [6, 6.07) is 11.9. The number of ether oxygens (including phenoxy) is 1. The zero-order chi connectivity index (χ0) is 19.7. The standard InChI is InChI=1S/C23H26N2O2S/c1-22(2)16-11-12-23(22,3)19-18(16)24-20(17-6-5-13-28-17)25(19)21(26)14-7-9-15(27-4)10-8-14/h5-10,13,16,18-19H,11-12H2,1-4H3/t16-,18-,19-,23+/m0/s1. The van der Waals surface area contributed by atoms with Gasteiger partial charge in [0.25, 0.3) is 5.91 Å². The van der Waals surface area contributed by atoms with Crippen LogP contribution in [0.4, 0.5) is 0 Å². The van der Waals surface area contributed by atoms with Crippen LogP contribution in [0.25, 0.3) is 0 Å². The highest BCUT2D eigenvalue weighted by Crippen LogP contribution is 2.68. The molecule has 0 N–H and O–H groups in total. The van der Waals surface area contributed by atoms with Gasteiger partial charge in [-0.2, -0.15) is 0 Å². The Kier molecular flexibility index (Phi) is 3.80. The van der Waals surface area contributed by atoms with Crippen LogP contribution in [-0.2, 0) is 0 Å². The minimum Gasteiger partial charge on any atom is -0.497 e. The van der Waals surface area contributed by atoms with E-state index >= 15 is 0 Å². The van der Waals surface area contributed by atoms with Gasteiger partial charge in [-0.3, -0.25) is 14.7 Å². The fourth-order valence-corrected chi connectivity index (χ4v) is 6.62. The van der Waals surface area contributed by atoms with Crippen LogP contribution in [0.2, 0.25) is 0 Å². The van der Waals surface area contributed by atoms with E-state index in [4.69, 9.17) is 9.73 Å². The van der Waals surface area contributed by atoms with Crippen molar-refractivity contribution in [2.24, 2.45) is 21.7 Å². The van der Waals surface area contributed by atoms with Crippen LogP contribution in [0.5, 0.6) is 5.75 Å². The van der Waals surface area contributed by atoms with Crippen LogP contribution in [0.15, 0.2) is 46.8 Å². The van der Waals surface area contributed by atoms with E-state index in [-0.39, 0.29) is 28.8 Å². The highest BCUT2D eigenvalue weighted by atomic mass is 32.1. The molecule has 4 nitrogen and oxygen atoms in total. The maximum absolute atomic E-state index is 13.7. The van der Waals surface area contributed by atoms with Gasteiger partial charge in [-0.05, 0) is 65.3 Å². The van der Waals surface area contributed by atoms with E-state index in [1.807, 2.05) is 35.2 Å². The Bertz CT molecular complexity index is 947. The Morgan fingerprint density at radius 2 is 1.96 bits per heavy atom. The molecule has 1 aromatic heterocycles. The van der Waals surface area contributed by atoms with Gasteiger partial charge in [0, 0.05) is 5.56 Å². The van der Waals surface area contributed by atoms with E-state index in [9.17, 15) is 4.79 Å². The predicted octanol–water partition coefficient (Wildman–Crippen LogP) is 4.85. The van der Waals surface area contributed by atoms with Gasteiger partial charge in [-0.15, -0.1) is 11.3 Å². The van der Waals surface area contributed by atoms with E-state index < -0.39 is 0 Å². The smallest absolute Gasteiger partial charge is 0.259 e. The molecule has 0 spiro atoms. The molecule has 2 bridgehead atoms. The molecule has 5 rings (SSSR count). The van der Waals surface area contributed by atoms with E-state index in [2.05, 4.69) is 32.2 Å². The lowest BCUT2D eigenvalue weighted by atomic mass is 9.68. The van der Waals surface area contributed by atoms with E-state index in [1.54, 1.807) is 18.4 Å². The second-order valence-electron chi connectivity index (χ2n) is 9.05. The van der Waals surface area contributed by atoms with Crippen LogP contribution in [-0.4, -0.2) is 35.8 Å². The molecule has 2 saturated carbocycles. The first kappa shape index (κ1) is 17.9. The van der Waals surface area contributed by atoms with Crippen molar-refractivity contribution < 1.29 is 9.53 Å². The van der Waals surface area contributed by atoms with Gasteiger partial charge in [-0.1, -0.05) is 26.8 Å². The Labute approximate surface area is 170 Å². The van der Waals surface area contributed by atoms with Gasteiger partial charge >= 0.3 is 0 Å². The summed E-state index contributed by atoms with van der Waals surface area (Å²) < 4.78 is 5.26. The molecule has 3 aliphatic rings. The fourth-order valence-electron chi connectivity index (χ4n) is 5.90. The number of benzene rings is 1. The lowest BCUT2D eigenvalue weighted by Crippen LogP contribution is -2.52. The van der Waals surface area contributed by atoms with E-state index in [0.717, 1.165) is 22.9 Å². The Balaban J connectivity index is 1.61. The first-order valence-electron chi connectivity index (χ1n) is 9.98. The third kappa shape index (κ3) is 2.17. The molecule has 4 atom stereocenters. The molecule has 2 heterocycles. The SMILES string of the molecule is COc1ccc(C(=O)N2C(c3cccs3)=N[C@@H]3[C@H]2[C@@]2(C)CC[C@@H]3C2(C)C)cc1. The van der Waals surface area contributed by atoms with Crippen LogP contribution in [0.1, 0.15) is 48.8 Å². The van der Waals surface area contributed by atoms with Gasteiger partial charge in [0.1, 0.15) is 11.6 Å². The molecule has 2 aromatic rings. The number of carbonyl (C=O) groups is 1. The lowest BCUT2D eigenvalue weighted by molar-refractivity contribution is 0.0567. The number of aliphatic imine (C=N–C) groups is 1. The number of carbonyl (C=O) groups excluding carboxylic acids is 1. The van der Waals surface area contributed by atoms with Crippen molar-refractivity contribution in [3.63, 3.8) is 0 Å². The molecule has 1 aromatic carbocycles. The normalized spacial score (nSPS) is 32.4. The van der Waals surface area contributed by atoms with Crippen molar-refractivity contribution in [1.82, 2.24) is 4.90 Å². The summed E-state index contributed by atoms with van der Waals surface area (Å²) in [6.45, 7) is 7.12. The summed E-state index contributed by atoms with van der Waals surface area (Å²) in [5.74, 6) is 2.20. The maximum Gasteiger partial charge on any atom is 0.259 e. The maximum atomic E-state index is 13.7. The van der Waals surface area contributed by atoms with Gasteiger partial charge in [-0.25, -0.2) is 0 Å². The molecule has 28 heavy (non-hydrogen) atoms. The fraction of sp³-hybridized carbons (Fsp3) is 0.478. The minimum atomic E-state index is 0.0480. The second-order valence-corrected chi connectivity index (χ2v) is 10.0. The Morgan fingerprint density at radius 3 is 2.61 bits per heavy atom. The van der Waals surface area contributed by atoms with Gasteiger partial charge in [0.2, 0.25) is 0 Å². The first-order chi connectivity index (χ1) is 13.4. The number of hydrogen-bond acceptors (Lipinski definition) is 4. The van der Waals surface area contributed by atoms with Crippen molar-refractivity contribution >= 4 is 23.1 Å². The molecule has 0 saturated heterocycles. The van der Waals surface area contributed by atoms with E-state index in [0.29, 0.717) is 11.5 Å². The van der Waals surface area contributed by atoms with Crippen molar-refractivity contribution in [3.8, 4) is 5.75 Å². The molecular formula is C23H26N2O2S. The monoisotopic (exact) mass is 394 g/mol. The average Bonchev–Trinajstić information content (AvgIpc) is 3.42. The Hall–Kier alpha value is -2.14. The number of rotatable bonds is 3. The highest BCUT2D eigenvalue weighted by molar-refractivity contribution is 7.12. The third-order valence-electron chi connectivity index (χ3n) is 7.84. The van der Waals surface area contributed by atoms with Crippen molar-refractivity contribution in [2.75, 3.05) is 7.11 Å². The lowest BCUT2D eigenvalue weighted by Gasteiger charge is -2.42. The van der Waals surface area contributed by atoms with Crippen LogP contribution in [0.3, 0.4) is 0 Å². The van der Waals surface area contributed by atoms with Crippen LogP contribution >= 0.6 is 11.3 Å². The summed E-state index contributed by atoms with van der Waals surface area (Å²) in [5.41, 5.74) is 0.952. The predicted molar refractivity (Wildman–Crippen MR) is 112 cm³/mol. The third-order valence-corrected chi connectivity index (χ3v) is 8.70. The zero-order valence-electron chi connectivity index (χ0n) is 16.8. The molecule has 2 aliphatic carbocycles. The largest absolute Gasteiger partial charge is 0.497 e. The van der Waals surface area contributed by atoms with Crippen LogP contribution < -0.4 is 4.74 Å². The number of nitrogens with zero attached hydrogens (tertiary/aromatic N) is 2. The van der Waals surface area contributed by atoms with Crippen LogP contribution in [0, 0.1) is 16.7 Å². The topological polar surface area (TPSA) is 41.9 Å². The van der Waals surface area contributed by atoms with Gasteiger partial charge in [0.15, 0.2) is 0 Å². The van der Waals surface area contributed by atoms with E-state index in [1.165, 1.54) is 6.42 Å². The number of amides is 1. The number of fused-ring (bicyclic) bond motifs is 5. The molecule has 5 heteroatoms. The molecule has 1 amide bonds. The summed E-state index contributed by atoms with van der Waals surface area (Å²) in [4.78, 5) is 22.0. The average molecular weight is 395 g/mol. The molecule has 2 fully saturated rings. The first-order valence-corrected chi connectivity index (χ1v) is 10.9. The molecule has 146 valence electrons. The molecule has 0 unspecified atom stereocenters. The summed E-state index contributed by atoms with van der Waals surface area (Å²) in [7, 11) is 1.64. The number of hydrogen-bond donors (Lipinski definition) is 0. The Morgan fingerprint density at radius 1 is 1.21 bits per heavy atom. The molecule has 0 radical (unpaired) electrons. The van der Waals surface area contributed by atoms with Crippen molar-refractivity contribution in [1.29, 1.82) is 0 Å². The summed E-state index contributed by atoms with van der Waals surface area (Å²) >= 11 is 1.66. The summed E-state index contributed by atoms with van der Waals surface area (Å²) in [5, 5.41) is 2.06.